The molecule has 0 aliphatic rings. The smallest absolute Gasteiger partial charge is 0.305 e. The van der Waals surface area contributed by atoms with Gasteiger partial charge in [-0.3, -0.25) is 4.79 Å². The van der Waals surface area contributed by atoms with Crippen LogP contribution in [0.5, 0.6) is 0 Å². The van der Waals surface area contributed by atoms with E-state index in [4.69, 9.17) is 28.8 Å². The number of carbonyl (C=O) groups is 1. The summed E-state index contributed by atoms with van der Waals surface area (Å²) in [6, 6.07) is 0. The Morgan fingerprint density at radius 1 is 0.630 bits per heavy atom. The van der Waals surface area contributed by atoms with Crippen LogP contribution in [-0.2, 0) is 28.5 Å². The fourth-order valence-electron chi connectivity index (χ4n) is 2.34. The van der Waals surface area contributed by atoms with Crippen molar-refractivity contribution >= 4 is 5.97 Å². The van der Waals surface area contributed by atoms with Gasteiger partial charge in [0.2, 0.25) is 0 Å². The van der Waals surface area contributed by atoms with Crippen molar-refractivity contribution in [2.45, 2.75) is 58.3 Å². The van der Waals surface area contributed by atoms with Crippen LogP contribution in [0.15, 0.2) is 0 Å². The SMILES string of the molecule is CCCCCCCCCC(=O)OCCOCCOCCOCCOCCO. The molecule has 0 rings (SSSR count). The van der Waals surface area contributed by atoms with Gasteiger partial charge in [-0.1, -0.05) is 45.4 Å². The van der Waals surface area contributed by atoms with Crippen molar-refractivity contribution in [1.82, 2.24) is 0 Å². The molecular weight excluding hydrogens is 352 g/mol. The number of hydrogen-bond acceptors (Lipinski definition) is 7. The van der Waals surface area contributed by atoms with Crippen molar-refractivity contribution in [2.24, 2.45) is 0 Å². The van der Waals surface area contributed by atoms with Crippen molar-refractivity contribution in [3.8, 4) is 0 Å². The first-order valence-electron chi connectivity index (χ1n) is 10.4. The monoisotopic (exact) mass is 392 g/mol. The van der Waals surface area contributed by atoms with E-state index < -0.39 is 0 Å². The van der Waals surface area contributed by atoms with E-state index >= 15 is 0 Å². The highest BCUT2D eigenvalue weighted by Crippen LogP contribution is 2.08. The quantitative estimate of drug-likeness (QED) is 0.224. The molecule has 0 saturated carbocycles. The lowest BCUT2D eigenvalue weighted by molar-refractivity contribution is -0.145. The summed E-state index contributed by atoms with van der Waals surface area (Å²) in [5, 5.41) is 8.52. The summed E-state index contributed by atoms with van der Waals surface area (Å²) in [4.78, 5) is 11.6. The minimum absolute atomic E-state index is 0.0293. The van der Waals surface area contributed by atoms with Crippen molar-refractivity contribution in [3.05, 3.63) is 0 Å². The van der Waals surface area contributed by atoms with Gasteiger partial charge in [0.15, 0.2) is 0 Å². The summed E-state index contributed by atoms with van der Waals surface area (Å²) in [6.07, 6.45) is 8.86. The number of unbranched alkanes of at least 4 members (excludes halogenated alkanes) is 6. The third-order valence-corrected chi connectivity index (χ3v) is 3.83. The zero-order valence-electron chi connectivity index (χ0n) is 17.1. The maximum atomic E-state index is 11.6. The van der Waals surface area contributed by atoms with E-state index in [-0.39, 0.29) is 12.6 Å². The summed E-state index contributed by atoms with van der Waals surface area (Å²) < 4.78 is 26.2. The average Bonchev–Trinajstić information content (AvgIpc) is 2.67. The summed E-state index contributed by atoms with van der Waals surface area (Å²) in [5.74, 6) is -0.136. The zero-order chi connectivity index (χ0) is 19.8. The Balaban J connectivity index is 3.11. The van der Waals surface area contributed by atoms with Crippen LogP contribution < -0.4 is 0 Å². The molecule has 0 aromatic carbocycles. The van der Waals surface area contributed by atoms with Gasteiger partial charge < -0.3 is 28.8 Å². The van der Waals surface area contributed by atoms with Gasteiger partial charge in [-0.05, 0) is 6.42 Å². The average molecular weight is 393 g/mol. The lowest BCUT2D eigenvalue weighted by atomic mass is 10.1. The molecule has 7 heteroatoms. The number of ether oxygens (including phenoxy) is 5. The Kier molecular flexibility index (Phi) is 22.7. The van der Waals surface area contributed by atoms with Crippen molar-refractivity contribution in [2.75, 3.05) is 66.1 Å². The number of hydrogen-bond donors (Lipinski definition) is 1. The second kappa shape index (κ2) is 23.3. The minimum atomic E-state index is -0.136. The Labute approximate surface area is 164 Å². The molecule has 27 heavy (non-hydrogen) atoms. The molecule has 162 valence electrons. The number of carbonyl (C=O) groups excluding carboxylic acids is 1. The normalized spacial score (nSPS) is 11.0. The lowest BCUT2D eigenvalue weighted by Gasteiger charge is -2.08. The standard InChI is InChI=1S/C20H40O7/c1-2-3-4-5-6-7-8-9-20(22)27-19-18-26-17-16-25-15-14-24-13-12-23-11-10-21/h21H,2-19H2,1H3. The molecule has 0 unspecified atom stereocenters. The van der Waals surface area contributed by atoms with Gasteiger partial charge in [0.1, 0.15) is 6.61 Å². The predicted octanol–water partition coefficient (Wildman–Crippen LogP) is 2.73. The highest BCUT2D eigenvalue weighted by Gasteiger charge is 2.02. The molecule has 0 saturated heterocycles. The van der Waals surface area contributed by atoms with Crippen molar-refractivity contribution in [3.63, 3.8) is 0 Å². The molecule has 0 amide bonds. The molecule has 7 nitrogen and oxygen atoms in total. The highest BCUT2D eigenvalue weighted by molar-refractivity contribution is 5.69. The van der Waals surface area contributed by atoms with Gasteiger partial charge >= 0.3 is 5.97 Å². The molecule has 1 N–H and O–H groups in total. The van der Waals surface area contributed by atoms with Crippen LogP contribution in [0.1, 0.15) is 58.3 Å². The van der Waals surface area contributed by atoms with E-state index in [0.717, 1.165) is 12.8 Å². The largest absolute Gasteiger partial charge is 0.463 e. The second-order valence-corrected chi connectivity index (χ2v) is 6.26. The Morgan fingerprint density at radius 2 is 1.07 bits per heavy atom. The zero-order valence-corrected chi connectivity index (χ0v) is 17.1. The van der Waals surface area contributed by atoms with Gasteiger partial charge in [-0.2, -0.15) is 0 Å². The molecule has 0 aliphatic heterocycles. The van der Waals surface area contributed by atoms with Crippen molar-refractivity contribution < 1.29 is 33.6 Å². The number of aliphatic hydroxyl groups is 1. The second-order valence-electron chi connectivity index (χ2n) is 6.26. The van der Waals surface area contributed by atoms with Gasteiger partial charge in [0, 0.05) is 6.42 Å². The molecule has 0 aromatic heterocycles. The molecule has 0 heterocycles. The number of aliphatic hydroxyl groups excluding tert-OH is 1. The van der Waals surface area contributed by atoms with E-state index in [9.17, 15) is 4.79 Å². The topological polar surface area (TPSA) is 83.5 Å². The molecule has 0 bridgehead atoms. The third kappa shape index (κ3) is 23.2. The fraction of sp³-hybridized carbons (Fsp3) is 0.950. The molecule has 0 aromatic rings. The minimum Gasteiger partial charge on any atom is -0.463 e. The van der Waals surface area contributed by atoms with Crippen LogP contribution in [0.25, 0.3) is 0 Å². The Hall–Kier alpha value is -0.730. The highest BCUT2D eigenvalue weighted by atomic mass is 16.6. The maximum absolute atomic E-state index is 11.6. The van der Waals surface area contributed by atoms with Crippen LogP contribution >= 0.6 is 0 Å². The van der Waals surface area contributed by atoms with E-state index in [0.29, 0.717) is 65.9 Å². The third-order valence-electron chi connectivity index (χ3n) is 3.83. The summed E-state index contributed by atoms with van der Waals surface area (Å²) in [5.41, 5.74) is 0. The van der Waals surface area contributed by atoms with Crippen LogP contribution in [0.3, 0.4) is 0 Å². The summed E-state index contributed by atoms with van der Waals surface area (Å²) in [7, 11) is 0. The first-order chi connectivity index (χ1) is 13.3. The van der Waals surface area contributed by atoms with E-state index in [2.05, 4.69) is 6.92 Å². The van der Waals surface area contributed by atoms with Gasteiger partial charge in [-0.15, -0.1) is 0 Å². The molecule has 0 atom stereocenters. The molecule has 0 aliphatic carbocycles. The fourth-order valence-corrected chi connectivity index (χ4v) is 2.34. The van der Waals surface area contributed by atoms with Gasteiger partial charge in [0.05, 0.1) is 59.5 Å². The number of rotatable bonds is 22. The maximum Gasteiger partial charge on any atom is 0.305 e. The summed E-state index contributed by atoms with van der Waals surface area (Å²) >= 11 is 0. The van der Waals surface area contributed by atoms with E-state index in [1.165, 1.54) is 32.1 Å². The lowest BCUT2D eigenvalue weighted by Crippen LogP contribution is -2.14. The van der Waals surface area contributed by atoms with E-state index in [1.54, 1.807) is 0 Å². The van der Waals surface area contributed by atoms with Gasteiger partial charge in [0.25, 0.3) is 0 Å². The van der Waals surface area contributed by atoms with Crippen LogP contribution in [-0.4, -0.2) is 77.1 Å². The van der Waals surface area contributed by atoms with Crippen LogP contribution in [0.4, 0.5) is 0 Å². The van der Waals surface area contributed by atoms with Crippen LogP contribution in [0, 0.1) is 0 Å². The first-order valence-corrected chi connectivity index (χ1v) is 10.4. The summed E-state index contributed by atoms with van der Waals surface area (Å²) in [6.45, 7) is 6.18. The molecule has 0 spiro atoms. The van der Waals surface area contributed by atoms with E-state index in [1.807, 2.05) is 0 Å². The van der Waals surface area contributed by atoms with Crippen molar-refractivity contribution in [1.29, 1.82) is 0 Å². The Bertz CT molecular complexity index is 300. The van der Waals surface area contributed by atoms with Crippen LogP contribution in [0.2, 0.25) is 0 Å². The molecule has 0 fully saturated rings. The number of esters is 1. The first kappa shape index (κ1) is 26.3. The van der Waals surface area contributed by atoms with Gasteiger partial charge in [-0.25, -0.2) is 0 Å². The molecular formula is C20H40O7. The molecule has 0 radical (unpaired) electrons. The Morgan fingerprint density at radius 3 is 1.59 bits per heavy atom. The predicted molar refractivity (Wildman–Crippen MR) is 104 cm³/mol.